The van der Waals surface area contributed by atoms with E-state index < -0.39 is 48.3 Å². The van der Waals surface area contributed by atoms with Crippen molar-refractivity contribution in [3.63, 3.8) is 0 Å². The monoisotopic (exact) mass is 840 g/mol. The molecule has 60 heavy (non-hydrogen) atoms. The maximum atomic E-state index is 13.7. The summed E-state index contributed by atoms with van der Waals surface area (Å²) in [4.78, 5) is 58.5. The van der Waals surface area contributed by atoms with Crippen molar-refractivity contribution in [2.45, 2.75) is 44.3 Å². The number of hydrogen-bond donors (Lipinski definition) is 3. The third kappa shape index (κ3) is 8.78. The predicted molar refractivity (Wildman–Crippen MR) is 217 cm³/mol. The molecular formula is C41H41N6O12P. The number of ether oxygens (including phenoxy) is 4. The highest BCUT2D eigenvalue weighted by atomic mass is 31.2. The van der Waals surface area contributed by atoms with Gasteiger partial charge in [-0.3, -0.25) is 44.0 Å². The summed E-state index contributed by atoms with van der Waals surface area (Å²) in [6, 6.07) is 28.8. The van der Waals surface area contributed by atoms with E-state index in [4.69, 9.17) is 28.0 Å². The minimum atomic E-state index is -4.97. The molecule has 6 aromatic rings. The second kappa shape index (κ2) is 17.4. The molecule has 0 aliphatic carbocycles. The van der Waals surface area contributed by atoms with E-state index in [9.17, 15) is 29.2 Å². The molecule has 1 aliphatic rings. The molecule has 0 spiro atoms. The van der Waals surface area contributed by atoms with Gasteiger partial charge in [-0.25, -0.2) is 9.55 Å². The number of benzene rings is 4. The fourth-order valence-electron chi connectivity index (χ4n) is 6.83. The number of H-pyrrole nitrogens is 1. The van der Waals surface area contributed by atoms with Crippen LogP contribution in [0.15, 0.2) is 114 Å². The molecule has 7 rings (SSSR count). The number of amides is 1. The van der Waals surface area contributed by atoms with Crippen LogP contribution >= 0.6 is 7.82 Å². The average molecular weight is 841 g/mol. The molecule has 1 unspecified atom stereocenters. The minimum absolute atomic E-state index is 0.0465. The number of fused-ring (bicyclic) bond motifs is 1. The lowest BCUT2D eigenvalue weighted by atomic mass is 9.80. The van der Waals surface area contributed by atoms with Gasteiger partial charge in [0.25, 0.3) is 11.2 Å². The molecular weight excluding hydrogens is 799 g/mol. The summed E-state index contributed by atoms with van der Waals surface area (Å²) in [6.07, 6.45) is -2.05. The number of rotatable bonds is 16. The first-order chi connectivity index (χ1) is 28.8. The quantitative estimate of drug-likeness (QED) is 0.0409. The molecule has 0 saturated carbocycles. The third-order valence-electron chi connectivity index (χ3n) is 9.86. The summed E-state index contributed by atoms with van der Waals surface area (Å²) >= 11 is 0. The Labute approximate surface area is 342 Å². The fourth-order valence-corrected chi connectivity index (χ4v) is 7.82. The number of nitrogens with one attached hydrogen (secondary N) is 2. The molecule has 1 saturated heterocycles. The summed E-state index contributed by atoms with van der Waals surface area (Å²) in [7, 11) is -1.83. The van der Waals surface area contributed by atoms with Crippen LogP contribution in [-0.4, -0.2) is 68.3 Å². The van der Waals surface area contributed by atoms with Gasteiger partial charge < -0.3 is 23.5 Å². The van der Waals surface area contributed by atoms with Gasteiger partial charge >= 0.3 is 7.82 Å². The first-order valence-corrected chi connectivity index (χ1v) is 20.2. The molecule has 1 amide bonds. The third-order valence-corrected chi connectivity index (χ3v) is 10.8. The predicted octanol–water partition coefficient (Wildman–Crippen LogP) is 6.50. The highest BCUT2D eigenvalue weighted by Gasteiger charge is 2.46. The maximum absolute atomic E-state index is 13.7. The molecule has 1 aliphatic heterocycles. The Bertz CT molecular complexity index is 2520. The van der Waals surface area contributed by atoms with Crippen molar-refractivity contribution < 1.29 is 47.2 Å². The van der Waals surface area contributed by atoms with Crippen LogP contribution in [0, 0.1) is 16.0 Å². The molecule has 4 aromatic carbocycles. The summed E-state index contributed by atoms with van der Waals surface area (Å²) in [5.74, 6) is 0.176. The van der Waals surface area contributed by atoms with Crippen LogP contribution in [-0.2, 0) is 29.0 Å². The summed E-state index contributed by atoms with van der Waals surface area (Å²) in [5, 5.41) is 13.8. The van der Waals surface area contributed by atoms with E-state index in [0.717, 1.165) is 17.7 Å². The lowest BCUT2D eigenvalue weighted by Gasteiger charge is -2.37. The molecule has 0 bridgehead atoms. The summed E-state index contributed by atoms with van der Waals surface area (Å²) < 4.78 is 50.9. The topological polar surface area (TPSA) is 228 Å². The number of hydrogen-bond acceptors (Lipinski definition) is 13. The number of imidazole rings is 1. The Balaban J connectivity index is 1.28. The number of nitro groups is 1. The van der Waals surface area contributed by atoms with Crippen LogP contribution in [0.4, 0.5) is 11.6 Å². The zero-order valence-electron chi connectivity index (χ0n) is 32.8. The average Bonchev–Trinajstić information content (AvgIpc) is 3.85. The molecule has 19 heteroatoms. The number of anilines is 1. The second-order valence-corrected chi connectivity index (χ2v) is 15.3. The summed E-state index contributed by atoms with van der Waals surface area (Å²) in [6.45, 7) is 3.12. The Morgan fingerprint density at radius 2 is 1.55 bits per heavy atom. The van der Waals surface area contributed by atoms with Crippen LogP contribution in [0.2, 0.25) is 0 Å². The normalized spacial score (nSPS) is 17.6. The van der Waals surface area contributed by atoms with Crippen molar-refractivity contribution >= 4 is 36.5 Å². The number of non-ortho nitro benzene ring substituents is 1. The van der Waals surface area contributed by atoms with Crippen LogP contribution in [0.3, 0.4) is 0 Å². The Morgan fingerprint density at radius 3 is 2.12 bits per heavy atom. The standard InChI is InChI=1S/C41H41N6O12P/c1-25(2)38(48)44-40-43-37-36(39(49)45-40)42-24-46(37)35-22-33(59-60(52,53)58-32-20-14-29(15-21-32)47(50)51)34(57-35)23-56-41(26-8-6-5-7-9-26,27-10-16-30(54-3)17-11-27)28-12-18-31(55-4)19-13-28/h5-21,24-25,33-35H,22-23H2,1-4H3,(H,52,53)(H2,43,44,45,48,49)/t33-,34+,35+/m0/s1. The maximum Gasteiger partial charge on any atom is 0.527 e. The number of methoxy groups -OCH3 is 2. The number of aromatic amines is 1. The zero-order chi connectivity index (χ0) is 42.6. The number of nitro benzene ring substituents is 1. The van der Waals surface area contributed by atoms with Crippen molar-refractivity contribution in [2.75, 3.05) is 26.1 Å². The van der Waals surface area contributed by atoms with E-state index in [0.29, 0.717) is 22.6 Å². The highest BCUT2D eigenvalue weighted by molar-refractivity contribution is 7.47. The van der Waals surface area contributed by atoms with Gasteiger partial charge in [-0.2, -0.15) is 4.98 Å². The van der Waals surface area contributed by atoms with Gasteiger partial charge in [-0.15, -0.1) is 0 Å². The van der Waals surface area contributed by atoms with E-state index in [1.807, 2.05) is 78.9 Å². The SMILES string of the molecule is COc1ccc(C(OC[C@H]2O[C@@H](n3cnc4c(=O)[nH]c(NC(=O)C(C)C)nc43)C[C@@H]2OP(=O)(O)Oc2ccc([N+](=O)[O-])cc2)(c2ccccc2)c2ccc(OC)cc2)cc1. The van der Waals surface area contributed by atoms with Crippen LogP contribution < -0.4 is 24.9 Å². The smallest absolute Gasteiger partial charge is 0.497 e. The van der Waals surface area contributed by atoms with Gasteiger partial charge in [-0.05, 0) is 53.1 Å². The number of carbonyl (C=O) groups is 1. The van der Waals surface area contributed by atoms with Crippen molar-refractivity contribution in [3.8, 4) is 17.2 Å². The van der Waals surface area contributed by atoms with Crippen LogP contribution in [0.1, 0.15) is 43.2 Å². The van der Waals surface area contributed by atoms with E-state index in [1.54, 1.807) is 28.1 Å². The van der Waals surface area contributed by atoms with Crippen molar-refractivity contribution in [2.24, 2.45) is 5.92 Å². The number of phosphoric acid groups is 1. The second-order valence-electron chi connectivity index (χ2n) is 14.0. The molecule has 0 radical (unpaired) electrons. The first-order valence-electron chi connectivity index (χ1n) is 18.7. The molecule has 1 fully saturated rings. The van der Waals surface area contributed by atoms with Crippen molar-refractivity contribution in [3.05, 3.63) is 147 Å². The molecule has 2 aromatic heterocycles. The van der Waals surface area contributed by atoms with Gasteiger partial charge in [-0.1, -0.05) is 68.4 Å². The van der Waals surface area contributed by atoms with Gasteiger partial charge in [0.15, 0.2) is 11.2 Å². The first kappa shape index (κ1) is 41.7. The number of aromatic nitrogens is 4. The number of nitrogens with zero attached hydrogens (tertiary/aromatic N) is 4. The van der Waals surface area contributed by atoms with Gasteiger partial charge in [0.2, 0.25) is 11.9 Å². The van der Waals surface area contributed by atoms with Crippen molar-refractivity contribution in [1.29, 1.82) is 0 Å². The Kier molecular flexibility index (Phi) is 12.1. The fraction of sp³-hybridized carbons (Fsp3) is 0.268. The van der Waals surface area contributed by atoms with Gasteiger partial charge in [0.05, 0.1) is 32.1 Å². The van der Waals surface area contributed by atoms with Crippen LogP contribution in [0.5, 0.6) is 17.2 Å². The molecule has 18 nitrogen and oxygen atoms in total. The van der Waals surface area contributed by atoms with Gasteiger partial charge in [0.1, 0.15) is 41.3 Å². The Morgan fingerprint density at radius 1 is 0.967 bits per heavy atom. The van der Waals surface area contributed by atoms with E-state index >= 15 is 0 Å². The lowest BCUT2D eigenvalue weighted by Crippen LogP contribution is -2.38. The minimum Gasteiger partial charge on any atom is -0.497 e. The largest absolute Gasteiger partial charge is 0.527 e. The summed E-state index contributed by atoms with van der Waals surface area (Å²) in [5.41, 5.74) is -0.00958. The highest BCUT2D eigenvalue weighted by Crippen LogP contribution is 2.50. The number of carbonyl (C=O) groups excluding carboxylic acids is 1. The molecule has 4 atom stereocenters. The number of phosphoric ester groups is 1. The van der Waals surface area contributed by atoms with E-state index in [2.05, 4.69) is 20.3 Å². The van der Waals surface area contributed by atoms with Crippen LogP contribution in [0.25, 0.3) is 11.2 Å². The van der Waals surface area contributed by atoms with Crippen molar-refractivity contribution in [1.82, 2.24) is 19.5 Å². The zero-order valence-corrected chi connectivity index (χ0v) is 33.7. The lowest BCUT2D eigenvalue weighted by molar-refractivity contribution is -0.384. The van der Waals surface area contributed by atoms with E-state index in [1.165, 1.54) is 23.0 Å². The van der Waals surface area contributed by atoms with E-state index in [-0.39, 0.29) is 47.5 Å². The van der Waals surface area contributed by atoms with Gasteiger partial charge in [0, 0.05) is 24.5 Å². The molecule has 3 N–H and O–H groups in total. The molecule has 312 valence electrons. The molecule has 3 heterocycles. The Hall–Kier alpha value is -6.43.